The van der Waals surface area contributed by atoms with Crippen LogP contribution in [0.2, 0.25) is 0 Å². The third-order valence-electron chi connectivity index (χ3n) is 4.90. The Morgan fingerprint density at radius 3 is 2.23 bits per heavy atom. The Bertz CT molecular complexity index is 747. The van der Waals surface area contributed by atoms with E-state index in [-0.39, 0.29) is 19.0 Å². The Kier molecular flexibility index (Phi) is 9.38. The second-order valence-corrected chi connectivity index (χ2v) is 8.88. The van der Waals surface area contributed by atoms with E-state index in [0.29, 0.717) is 17.9 Å². The first kappa shape index (κ1) is 23.9. The number of ether oxygens (including phenoxy) is 3. The van der Waals surface area contributed by atoms with Gasteiger partial charge in [0, 0.05) is 0 Å². The summed E-state index contributed by atoms with van der Waals surface area (Å²) in [4.78, 5) is 11.8. The zero-order valence-electron chi connectivity index (χ0n) is 19.0. The number of hydrogen-bond donors (Lipinski definition) is 0. The molecule has 2 aromatic carbocycles. The smallest absolute Gasteiger partial charge is 0.310 e. The Labute approximate surface area is 181 Å². The molecule has 30 heavy (non-hydrogen) atoms. The van der Waals surface area contributed by atoms with E-state index < -0.39 is 6.29 Å². The summed E-state index contributed by atoms with van der Waals surface area (Å²) in [5, 5.41) is 0. The minimum absolute atomic E-state index is 0.212. The zero-order chi connectivity index (χ0) is 22.0. The number of rotatable bonds is 11. The van der Waals surface area contributed by atoms with Gasteiger partial charge in [-0.25, -0.2) is 0 Å². The van der Waals surface area contributed by atoms with Crippen LogP contribution in [0.15, 0.2) is 54.6 Å². The van der Waals surface area contributed by atoms with Crippen LogP contribution >= 0.6 is 0 Å². The van der Waals surface area contributed by atoms with Gasteiger partial charge in [-0.2, -0.15) is 0 Å². The van der Waals surface area contributed by atoms with E-state index in [1.54, 1.807) is 0 Å². The molecule has 0 saturated carbocycles. The first-order valence-electron chi connectivity index (χ1n) is 10.8. The molecule has 0 aliphatic rings. The standard InChI is InChI=1S/C26H36O4/c1-6-22(19-26(3,4)5)23-12-14-24(15-13-23)30-20(2)28-16-17-29-25(27)18-21-10-8-7-9-11-21/h7-15,20,22H,6,16-19H2,1-5H3. The van der Waals surface area contributed by atoms with Gasteiger partial charge in [0.05, 0.1) is 13.0 Å². The Morgan fingerprint density at radius 1 is 0.967 bits per heavy atom. The van der Waals surface area contributed by atoms with Gasteiger partial charge in [-0.1, -0.05) is 70.2 Å². The van der Waals surface area contributed by atoms with E-state index in [2.05, 4.69) is 39.8 Å². The van der Waals surface area contributed by atoms with Gasteiger partial charge in [-0.15, -0.1) is 0 Å². The molecule has 4 heteroatoms. The number of esters is 1. The van der Waals surface area contributed by atoms with Crippen molar-refractivity contribution in [2.45, 2.75) is 66.1 Å². The van der Waals surface area contributed by atoms with Crippen molar-refractivity contribution < 1.29 is 19.0 Å². The molecule has 0 aliphatic carbocycles. The Balaban J connectivity index is 1.70. The molecule has 0 aromatic heterocycles. The molecule has 0 heterocycles. The first-order chi connectivity index (χ1) is 14.3. The second-order valence-electron chi connectivity index (χ2n) is 8.88. The zero-order valence-corrected chi connectivity index (χ0v) is 19.0. The topological polar surface area (TPSA) is 44.8 Å². The van der Waals surface area contributed by atoms with Crippen LogP contribution in [0.4, 0.5) is 0 Å². The highest BCUT2D eigenvalue weighted by molar-refractivity contribution is 5.72. The van der Waals surface area contributed by atoms with E-state index in [1.807, 2.05) is 49.4 Å². The lowest BCUT2D eigenvalue weighted by Crippen LogP contribution is -2.20. The summed E-state index contributed by atoms with van der Waals surface area (Å²) < 4.78 is 16.7. The maximum Gasteiger partial charge on any atom is 0.310 e. The van der Waals surface area contributed by atoms with Gasteiger partial charge in [0.2, 0.25) is 0 Å². The third-order valence-corrected chi connectivity index (χ3v) is 4.90. The van der Waals surface area contributed by atoms with Crippen LogP contribution in [0.1, 0.15) is 64.5 Å². The van der Waals surface area contributed by atoms with Crippen molar-refractivity contribution in [2.75, 3.05) is 13.2 Å². The summed E-state index contributed by atoms with van der Waals surface area (Å²) >= 11 is 0. The maximum atomic E-state index is 11.8. The molecule has 0 radical (unpaired) electrons. The van der Waals surface area contributed by atoms with Crippen molar-refractivity contribution in [3.8, 4) is 5.75 Å². The molecule has 0 N–H and O–H groups in total. The van der Waals surface area contributed by atoms with E-state index in [0.717, 1.165) is 24.2 Å². The predicted molar refractivity (Wildman–Crippen MR) is 121 cm³/mol. The van der Waals surface area contributed by atoms with Crippen molar-refractivity contribution in [3.05, 3.63) is 65.7 Å². The number of carbonyl (C=O) groups is 1. The predicted octanol–water partition coefficient (Wildman–Crippen LogP) is 6.14. The molecular weight excluding hydrogens is 376 g/mol. The quantitative estimate of drug-likeness (QED) is 0.252. The molecule has 2 rings (SSSR count). The van der Waals surface area contributed by atoms with E-state index in [1.165, 1.54) is 5.56 Å². The summed E-state index contributed by atoms with van der Waals surface area (Å²) in [6.45, 7) is 11.4. The molecular formula is C26H36O4. The molecule has 0 fully saturated rings. The second kappa shape index (κ2) is 11.8. The minimum atomic E-state index is -0.416. The summed E-state index contributed by atoms with van der Waals surface area (Å²) in [6.07, 6.45) is 2.14. The molecule has 4 nitrogen and oxygen atoms in total. The average Bonchev–Trinajstić information content (AvgIpc) is 2.70. The number of carbonyl (C=O) groups excluding carboxylic acids is 1. The number of hydrogen-bond acceptors (Lipinski definition) is 4. The molecule has 0 spiro atoms. The van der Waals surface area contributed by atoms with Crippen molar-refractivity contribution in [1.29, 1.82) is 0 Å². The third kappa shape index (κ3) is 9.00. The van der Waals surface area contributed by atoms with Crippen molar-refractivity contribution in [3.63, 3.8) is 0 Å². The highest BCUT2D eigenvalue weighted by atomic mass is 16.7. The summed E-state index contributed by atoms with van der Waals surface area (Å²) in [6, 6.07) is 17.8. The lowest BCUT2D eigenvalue weighted by molar-refractivity contribution is -0.147. The Hall–Kier alpha value is -2.33. The van der Waals surface area contributed by atoms with Crippen LogP contribution in [-0.2, 0) is 20.7 Å². The average molecular weight is 413 g/mol. The van der Waals surface area contributed by atoms with Crippen LogP contribution in [-0.4, -0.2) is 25.5 Å². The summed E-state index contributed by atoms with van der Waals surface area (Å²) in [7, 11) is 0. The van der Waals surface area contributed by atoms with Crippen LogP contribution in [0.25, 0.3) is 0 Å². The van der Waals surface area contributed by atoms with E-state index >= 15 is 0 Å². The largest absolute Gasteiger partial charge is 0.465 e. The van der Waals surface area contributed by atoms with Crippen LogP contribution in [0.5, 0.6) is 5.75 Å². The van der Waals surface area contributed by atoms with E-state index in [9.17, 15) is 4.79 Å². The van der Waals surface area contributed by atoms with Crippen molar-refractivity contribution in [2.24, 2.45) is 5.41 Å². The highest BCUT2D eigenvalue weighted by Crippen LogP contribution is 2.34. The van der Waals surface area contributed by atoms with Gasteiger partial charge in [-0.3, -0.25) is 4.79 Å². The van der Waals surface area contributed by atoms with Gasteiger partial charge in [0.1, 0.15) is 12.4 Å². The van der Waals surface area contributed by atoms with Gasteiger partial charge >= 0.3 is 5.97 Å². The van der Waals surface area contributed by atoms with Crippen LogP contribution < -0.4 is 4.74 Å². The molecule has 0 amide bonds. The molecule has 2 aromatic rings. The molecule has 0 bridgehead atoms. The van der Waals surface area contributed by atoms with Crippen molar-refractivity contribution in [1.82, 2.24) is 0 Å². The van der Waals surface area contributed by atoms with Crippen molar-refractivity contribution >= 4 is 5.97 Å². The van der Waals surface area contributed by atoms with Gasteiger partial charge < -0.3 is 14.2 Å². The fourth-order valence-corrected chi connectivity index (χ4v) is 3.46. The first-order valence-corrected chi connectivity index (χ1v) is 10.8. The molecule has 0 saturated heterocycles. The summed E-state index contributed by atoms with van der Waals surface area (Å²) in [5.41, 5.74) is 2.60. The van der Waals surface area contributed by atoms with Crippen LogP contribution in [0.3, 0.4) is 0 Å². The van der Waals surface area contributed by atoms with E-state index in [4.69, 9.17) is 14.2 Å². The monoisotopic (exact) mass is 412 g/mol. The van der Waals surface area contributed by atoms with Gasteiger partial charge in [0.25, 0.3) is 0 Å². The summed E-state index contributed by atoms with van der Waals surface area (Å²) in [5.74, 6) is 1.07. The lowest BCUT2D eigenvalue weighted by Gasteiger charge is -2.25. The number of benzene rings is 2. The molecule has 2 atom stereocenters. The van der Waals surface area contributed by atoms with Crippen LogP contribution in [0, 0.1) is 5.41 Å². The SMILES string of the molecule is CCC(CC(C)(C)C)c1ccc(OC(C)OCCOC(=O)Cc2ccccc2)cc1. The lowest BCUT2D eigenvalue weighted by atomic mass is 9.80. The molecule has 2 unspecified atom stereocenters. The van der Waals surface area contributed by atoms with Gasteiger partial charge in [0.15, 0.2) is 6.29 Å². The minimum Gasteiger partial charge on any atom is -0.465 e. The molecule has 0 aliphatic heterocycles. The fraction of sp³-hybridized carbons (Fsp3) is 0.500. The van der Waals surface area contributed by atoms with Gasteiger partial charge in [-0.05, 0) is 54.4 Å². The fourth-order valence-electron chi connectivity index (χ4n) is 3.46. The maximum absolute atomic E-state index is 11.8. The highest BCUT2D eigenvalue weighted by Gasteiger charge is 2.19. The molecule has 164 valence electrons. The normalized spacial score (nSPS) is 13.5. The Morgan fingerprint density at radius 2 is 1.63 bits per heavy atom.